The van der Waals surface area contributed by atoms with Crippen LogP contribution in [0.3, 0.4) is 0 Å². The van der Waals surface area contributed by atoms with Crippen molar-refractivity contribution < 1.29 is 22.1 Å². The maximum absolute atomic E-state index is 10.9. The predicted octanol–water partition coefficient (Wildman–Crippen LogP) is 2.96. The quantitative estimate of drug-likeness (QED) is 0.355. The van der Waals surface area contributed by atoms with Gasteiger partial charge in [0.15, 0.2) is 0 Å². The zero-order chi connectivity index (χ0) is 16.5. The molecule has 0 aliphatic heterocycles. The van der Waals surface area contributed by atoms with Crippen LogP contribution in [0.15, 0.2) is 30.3 Å². The first kappa shape index (κ1) is 19.1. The third-order valence-corrected chi connectivity index (χ3v) is 3.87. The highest BCUT2D eigenvalue weighted by atomic mass is 32.2. The summed E-state index contributed by atoms with van der Waals surface area (Å²) in [5.41, 5.74) is 1.08. The minimum absolute atomic E-state index is 0.0376. The molecule has 0 saturated carbocycles. The standard InChI is InChI=1S/C16H26O5S/c1-16(2,10-12-21-22(3,17)18)9-11-19-14-20-13-15-7-5-4-6-8-15/h4-8H,9-14H2,1-3H3. The summed E-state index contributed by atoms with van der Waals surface area (Å²) in [7, 11) is -3.36. The second kappa shape index (κ2) is 9.25. The lowest BCUT2D eigenvalue weighted by atomic mass is 9.86. The van der Waals surface area contributed by atoms with Crippen LogP contribution in [0.2, 0.25) is 0 Å². The van der Waals surface area contributed by atoms with Crippen LogP contribution in [0.4, 0.5) is 0 Å². The van der Waals surface area contributed by atoms with Crippen molar-refractivity contribution in [2.45, 2.75) is 33.3 Å². The van der Waals surface area contributed by atoms with Crippen LogP contribution in [0.1, 0.15) is 32.3 Å². The highest BCUT2D eigenvalue weighted by molar-refractivity contribution is 7.85. The van der Waals surface area contributed by atoms with Crippen LogP contribution in [0.5, 0.6) is 0 Å². The zero-order valence-corrected chi connectivity index (χ0v) is 14.4. The summed E-state index contributed by atoms with van der Waals surface area (Å²) in [6.07, 6.45) is 2.54. The molecule has 0 spiro atoms. The highest BCUT2D eigenvalue weighted by Gasteiger charge is 2.18. The monoisotopic (exact) mass is 330 g/mol. The molecule has 0 bridgehead atoms. The fraction of sp³-hybridized carbons (Fsp3) is 0.625. The molecule has 1 aromatic carbocycles. The number of rotatable bonds is 11. The fourth-order valence-corrected chi connectivity index (χ4v) is 2.18. The number of benzene rings is 1. The molecule has 0 heterocycles. The Balaban J connectivity index is 2.07. The Morgan fingerprint density at radius 3 is 2.27 bits per heavy atom. The van der Waals surface area contributed by atoms with E-state index in [0.29, 0.717) is 19.6 Å². The van der Waals surface area contributed by atoms with Crippen molar-refractivity contribution in [1.29, 1.82) is 0 Å². The molecule has 0 N–H and O–H groups in total. The predicted molar refractivity (Wildman–Crippen MR) is 85.9 cm³/mol. The van der Waals surface area contributed by atoms with Crippen molar-refractivity contribution in [3.05, 3.63) is 35.9 Å². The smallest absolute Gasteiger partial charge is 0.264 e. The van der Waals surface area contributed by atoms with Crippen LogP contribution >= 0.6 is 0 Å². The lowest BCUT2D eigenvalue weighted by Gasteiger charge is -2.23. The summed E-state index contributed by atoms with van der Waals surface area (Å²) in [5, 5.41) is 0. The van der Waals surface area contributed by atoms with Crippen molar-refractivity contribution in [2.75, 3.05) is 26.3 Å². The van der Waals surface area contributed by atoms with Crippen molar-refractivity contribution >= 4 is 10.1 Å². The molecule has 0 aliphatic rings. The van der Waals surface area contributed by atoms with Crippen LogP contribution in [-0.4, -0.2) is 34.7 Å². The van der Waals surface area contributed by atoms with Gasteiger partial charge in [-0.3, -0.25) is 4.18 Å². The van der Waals surface area contributed by atoms with E-state index in [1.165, 1.54) is 0 Å². The van der Waals surface area contributed by atoms with Gasteiger partial charge in [0.25, 0.3) is 10.1 Å². The summed E-state index contributed by atoms with van der Waals surface area (Å²) < 4.78 is 37.5. The summed E-state index contributed by atoms with van der Waals surface area (Å²) in [5.74, 6) is 0. The van der Waals surface area contributed by atoms with Gasteiger partial charge in [0, 0.05) is 6.61 Å². The van der Waals surface area contributed by atoms with E-state index in [2.05, 4.69) is 13.8 Å². The van der Waals surface area contributed by atoms with E-state index < -0.39 is 10.1 Å². The Morgan fingerprint density at radius 1 is 1.00 bits per heavy atom. The summed E-state index contributed by atoms with van der Waals surface area (Å²) in [6.45, 7) is 5.69. The molecule has 5 nitrogen and oxygen atoms in total. The fourth-order valence-electron chi connectivity index (χ4n) is 1.79. The van der Waals surface area contributed by atoms with Gasteiger partial charge in [-0.05, 0) is 23.8 Å². The third kappa shape index (κ3) is 9.89. The molecule has 22 heavy (non-hydrogen) atoms. The molecule has 126 valence electrons. The van der Waals surface area contributed by atoms with E-state index in [4.69, 9.17) is 13.7 Å². The van der Waals surface area contributed by atoms with Crippen molar-refractivity contribution in [1.82, 2.24) is 0 Å². The summed E-state index contributed by atoms with van der Waals surface area (Å²) in [4.78, 5) is 0. The van der Waals surface area contributed by atoms with E-state index in [1.807, 2.05) is 30.3 Å². The molecular weight excluding hydrogens is 304 g/mol. The SMILES string of the molecule is CC(C)(CCOCOCc1ccccc1)CCOS(C)(=O)=O. The first-order valence-electron chi connectivity index (χ1n) is 7.32. The minimum atomic E-state index is -3.36. The maximum atomic E-state index is 10.9. The first-order valence-corrected chi connectivity index (χ1v) is 9.14. The summed E-state index contributed by atoms with van der Waals surface area (Å²) >= 11 is 0. The zero-order valence-electron chi connectivity index (χ0n) is 13.6. The molecule has 0 aliphatic carbocycles. The van der Waals surface area contributed by atoms with Crippen LogP contribution in [0.25, 0.3) is 0 Å². The molecule has 0 atom stereocenters. The van der Waals surface area contributed by atoms with E-state index >= 15 is 0 Å². The maximum Gasteiger partial charge on any atom is 0.264 e. The molecule has 1 rings (SSSR count). The Bertz CT molecular complexity index is 511. The molecule has 0 unspecified atom stereocenters. The Kier molecular flexibility index (Phi) is 8.03. The number of hydrogen-bond acceptors (Lipinski definition) is 5. The molecule has 0 fully saturated rings. The Morgan fingerprint density at radius 2 is 1.64 bits per heavy atom. The van der Waals surface area contributed by atoms with E-state index in [1.54, 1.807) is 0 Å². The average Bonchev–Trinajstić information content (AvgIpc) is 2.42. The van der Waals surface area contributed by atoms with Crippen molar-refractivity contribution in [3.63, 3.8) is 0 Å². The van der Waals surface area contributed by atoms with Gasteiger partial charge in [-0.1, -0.05) is 44.2 Å². The molecule has 0 saturated heterocycles. The van der Waals surface area contributed by atoms with Gasteiger partial charge in [0.1, 0.15) is 6.79 Å². The lowest BCUT2D eigenvalue weighted by molar-refractivity contribution is -0.0679. The van der Waals surface area contributed by atoms with Gasteiger partial charge < -0.3 is 9.47 Å². The van der Waals surface area contributed by atoms with Gasteiger partial charge in [0.05, 0.1) is 19.5 Å². The van der Waals surface area contributed by atoms with Crippen molar-refractivity contribution in [3.8, 4) is 0 Å². The normalized spacial score (nSPS) is 12.5. The second-order valence-corrected chi connectivity index (χ2v) is 7.69. The Hall–Kier alpha value is -0.950. The first-order chi connectivity index (χ1) is 10.3. The Labute approximate surface area is 133 Å². The molecule has 6 heteroatoms. The molecule has 0 radical (unpaired) electrons. The van der Waals surface area contributed by atoms with E-state index in [9.17, 15) is 8.42 Å². The van der Waals surface area contributed by atoms with E-state index in [0.717, 1.165) is 18.2 Å². The number of hydrogen-bond donors (Lipinski definition) is 0. The van der Waals surface area contributed by atoms with Crippen molar-refractivity contribution in [2.24, 2.45) is 5.41 Å². The molecular formula is C16H26O5S. The van der Waals surface area contributed by atoms with Gasteiger partial charge in [-0.15, -0.1) is 0 Å². The van der Waals surface area contributed by atoms with Crippen LogP contribution < -0.4 is 0 Å². The van der Waals surface area contributed by atoms with Crippen LogP contribution in [-0.2, 0) is 30.4 Å². The largest absolute Gasteiger partial charge is 0.355 e. The number of ether oxygens (including phenoxy) is 2. The molecule has 0 amide bonds. The van der Waals surface area contributed by atoms with Gasteiger partial charge in [-0.25, -0.2) is 0 Å². The third-order valence-electron chi connectivity index (χ3n) is 3.28. The minimum Gasteiger partial charge on any atom is -0.355 e. The van der Waals surface area contributed by atoms with Gasteiger partial charge in [-0.2, -0.15) is 8.42 Å². The van der Waals surface area contributed by atoms with Gasteiger partial charge >= 0.3 is 0 Å². The highest BCUT2D eigenvalue weighted by Crippen LogP contribution is 2.25. The van der Waals surface area contributed by atoms with E-state index in [-0.39, 0.29) is 18.8 Å². The summed E-state index contributed by atoms with van der Waals surface area (Å²) in [6, 6.07) is 9.92. The molecule has 1 aromatic rings. The van der Waals surface area contributed by atoms with Crippen LogP contribution in [0, 0.1) is 5.41 Å². The topological polar surface area (TPSA) is 61.8 Å². The second-order valence-electron chi connectivity index (χ2n) is 6.05. The van der Waals surface area contributed by atoms with Gasteiger partial charge in [0.2, 0.25) is 0 Å². The lowest BCUT2D eigenvalue weighted by Crippen LogP contribution is -2.19. The average molecular weight is 330 g/mol. The molecule has 0 aromatic heterocycles.